The summed E-state index contributed by atoms with van der Waals surface area (Å²) >= 11 is 0. The van der Waals surface area contributed by atoms with Crippen LogP contribution in [-0.2, 0) is 11.3 Å². The smallest absolute Gasteiger partial charge is 0.201 e. The van der Waals surface area contributed by atoms with Crippen molar-refractivity contribution in [1.82, 2.24) is 0 Å². The van der Waals surface area contributed by atoms with Crippen LogP contribution in [0.25, 0.3) is 0 Å². The van der Waals surface area contributed by atoms with Gasteiger partial charge in [-0.3, -0.25) is 4.79 Å². The van der Waals surface area contributed by atoms with Gasteiger partial charge in [-0.05, 0) is 28.8 Å². The van der Waals surface area contributed by atoms with Crippen molar-refractivity contribution in [2.45, 2.75) is 43.0 Å². The molecule has 0 unspecified atom stereocenters. The number of rotatable bonds is 3. The quantitative estimate of drug-likeness (QED) is 0.334. The number of carbonyl (C=O) groups excluding carboxylic acids is 1. The summed E-state index contributed by atoms with van der Waals surface area (Å²) in [4.78, 5) is 13.1. The second-order valence-corrected chi connectivity index (χ2v) is 7.58. The van der Waals surface area contributed by atoms with Gasteiger partial charge >= 0.3 is 0 Å². The first-order chi connectivity index (χ1) is 14.3. The number of fused-ring (bicyclic) bond motifs is 2. The third-order valence-electron chi connectivity index (χ3n) is 5.85. The van der Waals surface area contributed by atoms with E-state index in [1.807, 2.05) is 0 Å². The van der Waals surface area contributed by atoms with Crippen molar-refractivity contribution in [2.24, 2.45) is 0 Å². The molecule has 160 valence electrons. The van der Waals surface area contributed by atoms with Gasteiger partial charge < -0.3 is 40.5 Å². The second kappa shape index (κ2) is 7.62. The van der Waals surface area contributed by atoms with Crippen molar-refractivity contribution in [3.05, 3.63) is 58.1 Å². The number of aliphatic hydroxyl groups is 5. The van der Waals surface area contributed by atoms with Crippen molar-refractivity contribution >= 4 is 5.78 Å². The number of phenolic OH excluding ortho intramolecular Hbond substituents is 2. The van der Waals surface area contributed by atoms with E-state index in [-0.39, 0.29) is 28.0 Å². The Kier molecular flexibility index (Phi) is 5.27. The number of benzene rings is 2. The monoisotopic (exact) mass is 418 g/mol. The van der Waals surface area contributed by atoms with Gasteiger partial charge in [-0.15, -0.1) is 0 Å². The van der Waals surface area contributed by atoms with E-state index in [1.165, 1.54) is 24.3 Å². The minimum absolute atomic E-state index is 0.0843. The van der Waals surface area contributed by atoms with Crippen LogP contribution in [0.1, 0.15) is 38.5 Å². The van der Waals surface area contributed by atoms with E-state index >= 15 is 0 Å². The topological polar surface area (TPSA) is 168 Å². The summed E-state index contributed by atoms with van der Waals surface area (Å²) < 4.78 is 5.73. The first-order valence-electron chi connectivity index (χ1n) is 9.43. The molecular weight excluding hydrogens is 396 g/mol. The Labute approximate surface area is 171 Å². The van der Waals surface area contributed by atoms with Crippen LogP contribution >= 0.6 is 0 Å². The average Bonchev–Trinajstić information content (AvgIpc) is 2.73. The van der Waals surface area contributed by atoms with Gasteiger partial charge in [0.25, 0.3) is 0 Å². The fourth-order valence-corrected chi connectivity index (χ4v) is 4.41. The molecule has 0 spiro atoms. The second-order valence-electron chi connectivity index (χ2n) is 7.58. The van der Waals surface area contributed by atoms with Gasteiger partial charge in [-0.25, -0.2) is 0 Å². The zero-order valence-corrected chi connectivity index (χ0v) is 15.7. The molecule has 0 aromatic heterocycles. The molecule has 1 aliphatic carbocycles. The number of carbonyl (C=O) groups is 1. The summed E-state index contributed by atoms with van der Waals surface area (Å²) in [5.41, 5.74) is 0.609. The predicted octanol–water partition coefficient (Wildman–Crippen LogP) is -0.891. The number of phenols is 2. The number of aliphatic hydroxyl groups excluding tert-OH is 5. The van der Waals surface area contributed by atoms with Crippen LogP contribution in [0.2, 0.25) is 0 Å². The van der Waals surface area contributed by atoms with Crippen molar-refractivity contribution in [3.8, 4) is 11.5 Å². The Bertz CT molecular complexity index is 987. The fourth-order valence-electron chi connectivity index (χ4n) is 4.41. The average molecular weight is 418 g/mol. The van der Waals surface area contributed by atoms with Crippen molar-refractivity contribution in [3.63, 3.8) is 0 Å². The Morgan fingerprint density at radius 3 is 2.23 bits per heavy atom. The molecule has 2 aliphatic rings. The van der Waals surface area contributed by atoms with E-state index in [9.17, 15) is 40.5 Å². The number of ketones is 1. The molecule has 30 heavy (non-hydrogen) atoms. The summed E-state index contributed by atoms with van der Waals surface area (Å²) in [6.45, 7) is -1.06. The lowest BCUT2D eigenvalue weighted by atomic mass is 9.71. The zero-order chi connectivity index (χ0) is 21.7. The summed E-state index contributed by atoms with van der Waals surface area (Å²) in [6, 6.07) is 7.06. The molecule has 0 radical (unpaired) electrons. The van der Waals surface area contributed by atoms with Crippen LogP contribution in [0.5, 0.6) is 11.5 Å². The van der Waals surface area contributed by atoms with Crippen LogP contribution in [0.4, 0.5) is 0 Å². The van der Waals surface area contributed by atoms with Gasteiger partial charge in [-0.2, -0.15) is 0 Å². The fraction of sp³-hybridized carbons (Fsp3) is 0.381. The molecule has 0 amide bonds. The molecule has 7 N–H and O–H groups in total. The predicted molar refractivity (Wildman–Crippen MR) is 101 cm³/mol. The molecular formula is C21H22O9. The first kappa shape index (κ1) is 20.7. The van der Waals surface area contributed by atoms with Gasteiger partial charge in [0, 0.05) is 5.92 Å². The number of hydrogen-bond acceptors (Lipinski definition) is 9. The molecule has 1 aliphatic heterocycles. The lowest BCUT2D eigenvalue weighted by Crippen LogP contribution is -2.60. The van der Waals surface area contributed by atoms with Crippen molar-refractivity contribution in [1.29, 1.82) is 0 Å². The lowest BCUT2D eigenvalue weighted by molar-refractivity contribution is -0.232. The molecule has 1 saturated heterocycles. The maximum atomic E-state index is 13.1. The molecule has 2 aromatic carbocycles. The Balaban J connectivity index is 1.96. The molecule has 6 atom stereocenters. The Hall–Kier alpha value is -2.53. The van der Waals surface area contributed by atoms with E-state index in [4.69, 9.17) is 4.74 Å². The third-order valence-corrected chi connectivity index (χ3v) is 5.85. The SMILES string of the molecule is O=C1c2c(O)cccc2[C@H]([C@@H]2O[C@H](CO)[C@H](O)[C@H](O)[C@H]2O)c2cc(CO)cc(O)c21. The molecule has 0 saturated carbocycles. The normalized spacial score (nSPS) is 30.6. The van der Waals surface area contributed by atoms with Crippen LogP contribution in [0.15, 0.2) is 30.3 Å². The summed E-state index contributed by atoms with van der Waals surface area (Å²) in [7, 11) is 0. The van der Waals surface area contributed by atoms with E-state index < -0.39 is 61.2 Å². The van der Waals surface area contributed by atoms with Gasteiger partial charge in [-0.1, -0.05) is 18.2 Å². The van der Waals surface area contributed by atoms with Gasteiger partial charge in [0.05, 0.1) is 30.4 Å². The molecule has 9 heteroatoms. The van der Waals surface area contributed by atoms with Gasteiger partial charge in [0.1, 0.15) is 35.9 Å². The first-order valence-corrected chi connectivity index (χ1v) is 9.43. The van der Waals surface area contributed by atoms with E-state index in [0.717, 1.165) is 0 Å². The maximum Gasteiger partial charge on any atom is 0.201 e. The van der Waals surface area contributed by atoms with E-state index in [1.54, 1.807) is 6.07 Å². The highest BCUT2D eigenvalue weighted by molar-refractivity contribution is 6.16. The van der Waals surface area contributed by atoms with Gasteiger partial charge in [0.2, 0.25) is 5.78 Å². The molecule has 9 nitrogen and oxygen atoms in total. The highest BCUT2D eigenvalue weighted by Gasteiger charge is 2.50. The molecule has 0 bridgehead atoms. The molecule has 1 fully saturated rings. The minimum atomic E-state index is -1.64. The Morgan fingerprint density at radius 2 is 1.57 bits per heavy atom. The van der Waals surface area contributed by atoms with Crippen LogP contribution in [0, 0.1) is 0 Å². The Morgan fingerprint density at radius 1 is 0.867 bits per heavy atom. The highest BCUT2D eigenvalue weighted by atomic mass is 16.5. The zero-order valence-electron chi connectivity index (χ0n) is 15.7. The molecule has 2 aromatic rings. The largest absolute Gasteiger partial charge is 0.507 e. The summed E-state index contributed by atoms with van der Waals surface area (Å²) in [6.07, 6.45) is -7.22. The maximum absolute atomic E-state index is 13.1. The summed E-state index contributed by atoms with van der Waals surface area (Å²) in [5.74, 6) is -2.34. The number of hydrogen-bond donors (Lipinski definition) is 7. The molecule has 4 rings (SSSR count). The van der Waals surface area contributed by atoms with E-state index in [2.05, 4.69) is 0 Å². The number of ether oxygens (including phenoxy) is 1. The molecule has 1 heterocycles. The van der Waals surface area contributed by atoms with Gasteiger partial charge in [0.15, 0.2) is 0 Å². The third kappa shape index (κ3) is 2.99. The van der Waals surface area contributed by atoms with Crippen molar-refractivity contribution in [2.75, 3.05) is 6.61 Å². The lowest BCUT2D eigenvalue weighted by Gasteiger charge is -2.45. The minimum Gasteiger partial charge on any atom is -0.507 e. The van der Waals surface area contributed by atoms with E-state index in [0.29, 0.717) is 5.56 Å². The standard InChI is InChI=1S/C21H22O9/c22-6-8-4-10-14(21-20(29)19(28)17(26)13(7-23)30-21)9-2-1-3-11(24)15(9)18(27)16(10)12(25)5-8/h1-5,13-14,17,19-26,28-29H,6-7H2/t13-,14+,17+,19+,20-,21+/m1/s1. The summed E-state index contributed by atoms with van der Waals surface area (Å²) in [5, 5.41) is 71.0. The van der Waals surface area contributed by atoms with Crippen LogP contribution in [-0.4, -0.2) is 78.7 Å². The van der Waals surface area contributed by atoms with Crippen molar-refractivity contribution < 1.29 is 45.3 Å². The van der Waals surface area contributed by atoms with Crippen LogP contribution in [0.3, 0.4) is 0 Å². The van der Waals surface area contributed by atoms with Crippen LogP contribution < -0.4 is 0 Å². The number of aromatic hydroxyl groups is 2. The highest BCUT2D eigenvalue weighted by Crippen LogP contribution is 2.47.